The standard InChI is InChI=1S/C25H41N5O5.C15H25N5O/c1-24(2,3)34-22(32)28-15-16-30(23(33)35-25(4,5)6)20(17-28)21(31)29-12-8-7-9-19(29)10-13-27-14-11-26-18-27;21-15(14-11-16-5-6-18-14)20-8-2-1-3-13(20)4-9-19-10-7-17-12-19/h11,14,18-20H,7-10,12-13,15-17H2,1-6H3;7,10,12-14,16,18H,1-6,8-9,11H2/t19?,20-;13?,14-/m11/s1. The van der Waals surface area contributed by atoms with E-state index in [0.29, 0.717) is 12.6 Å². The Kier molecular flexibility index (Phi) is 15.2. The maximum atomic E-state index is 13.9. The summed E-state index contributed by atoms with van der Waals surface area (Å²) in [5, 5.41) is 6.64. The molecule has 56 heavy (non-hydrogen) atoms. The zero-order valence-electron chi connectivity index (χ0n) is 34.5. The van der Waals surface area contributed by atoms with E-state index in [9.17, 15) is 19.2 Å². The molecule has 6 heterocycles. The van der Waals surface area contributed by atoms with Gasteiger partial charge in [0.15, 0.2) is 0 Å². The van der Waals surface area contributed by atoms with E-state index in [2.05, 4.69) is 30.1 Å². The van der Waals surface area contributed by atoms with Crippen molar-refractivity contribution in [3.63, 3.8) is 0 Å². The highest BCUT2D eigenvalue weighted by molar-refractivity contribution is 5.87. The lowest BCUT2D eigenvalue weighted by Gasteiger charge is -2.45. The van der Waals surface area contributed by atoms with E-state index >= 15 is 0 Å². The third kappa shape index (κ3) is 12.7. The molecule has 16 nitrogen and oxygen atoms in total. The van der Waals surface area contributed by atoms with Crippen LogP contribution in [0.4, 0.5) is 9.59 Å². The fourth-order valence-corrected chi connectivity index (χ4v) is 7.86. The number of ether oxygens (including phenoxy) is 2. The van der Waals surface area contributed by atoms with Crippen LogP contribution in [0.1, 0.15) is 92.9 Å². The highest BCUT2D eigenvalue weighted by Gasteiger charge is 2.43. The number of piperazine rings is 2. The van der Waals surface area contributed by atoms with Gasteiger partial charge in [0.25, 0.3) is 0 Å². The second-order valence-corrected chi connectivity index (χ2v) is 17.4. The van der Waals surface area contributed by atoms with Crippen LogP contribution in [0, 0.1) is 0 Å². The summed E-state index contributed by atoms with van der Waals surface area (Å²) in [5.74, 6) is 0.136. The molecule has 2 unspecified atom stereocenters. The van der Waals surface area contributed by atoms with Gasteiger partial charge in [0, 0.05) is 95.8 Å². The zero-order valence-corrected chi connectivity index (χ0v) is 34.5. The number of hydrogen-bond donors (Lipinski definition) is 2. The maximum Gasteiger partial charge on any atom is 0.411 e. The van der Waals surface area contributed by atoms with Crippen LogP contribution in [0.2, 0.25) is 0 Å². The van der Waals surface area contributed by atoms with Crippen molar-refractivity contribution in [2.24, 2.45) is 0 Å². The Morgan fingerprint density at radius 3 is 1.73 bits per heavy atom. The third-order valence-electron chi connectivity index (χ3n) is 10.7. The van der Waals surface area contributed by atoms with Crippen molar-refractivity contribution in [2.75, 3.05) is 52.4 Å². The molecule has 0 radical (unpaired) electrons. The topological polar surface area (TPSA) is 159 Å². The van der Waals surface area contributed by atoms with Gasteiger partial charge in [0.05, 0.1) is 25.2 Å². The first kappa shape index (κ1) is 43.0. The Morgan fingerprint density at radius 1 is 0.679 bits per heavy atom. The number of aromatic nitrogens is 4. The lowest BCUT2D eigenvalue weighted by Crippen LogP contribution is -2.64. The number of imidazole rings is 2. The number of nitrogens with zero attached hydrogens (tertiary/aromatic N) is 8. The molecular weight excluding hydrogens is 717 g/mol. The number of carbonyl (C=O) groups excluding carboxylic acids is 4. The number of amides is 4. The third-order valence-corrected chi connectivity index (χ3v) is 10.7. The first-order valence-corrected chi connectivity index (χ1v) is 20.6. The van der Waals surface area contributed by atoms with E-state index in [-0.39, 0.29) is 43.5 Å². The summed E-state index contributed by atoms with van der Waals surface area (Å²) in [6.07, 6.45) is 18.3. The number of piperidine rings is 2. The average Bonchev–Trinajstić information content (AvgIpc) is 3.90. The molecule has 2 aromatic heterocycles. The summed E-state index contributed by atoms with van der Waals surface area (Å²) in [4.78, 5) is 67.7. The minimum Gasteiger partial charge on any atom is -0.444 e. The molecule has 2 N–H and O–H groups in total. The number of nitrogens with one attached hydrogen (secondary N) is 2. The predicted molar refractivity (Wildman–Crippen MR) is 212 cm³/mol. The lowest BCUT2D eigenvalue weighted by atomic mass is 9.97. The molecule has 4 amide bonds. The van der Waals surface area contributed by atoms with Gasteiger partial charge >= 0.3 is 12.2 Å². The normalized spacial score (nSPS) is 23.5. The minimum atomic E-state index is -0.819. The maximum absolute atomic E-state index is 13.9. The number of rotatable bonds is 8. The first-order valence-electron chi connectivity index (χ1n) is 20.6. The fourth-order valence-electron chi connectivity index (χ4n) is 7.86. The van der Waals surface area contributed by atoms with Crippen molar-refractivity contribution in [1.82, 2.24) is 49.3 Å². The first-order chi connectivity index (χ1) is 26.7. The Labute approximate surface area is 332 Å². The summed E-state index contributed by atoms with van der Waals surface area (Å²) >= 11 is 0. The van der Waals surface area contributed by atoms with Crippen molar-refractivity contribution in [1.29, 1.82) is 0 Å². The van der Waals surface area contributed by atoms with E-state index in [1.54, 1.807) is 39.5 Å². The molecule has 0 aliphatic carbocycles. The van der Waals surface area contributed by atoms with E-state index in [1.165, 1.54) is 16.2 Å². The largest absolute Gasteiger partial charge is 0.444 e. The van der Waals surface area contributed by atoms with Gasteiger partial charge in [-0.1, -0.05) is 0 Å². The van der Waals surface area contributed by atoms with Crippen LogP contribution in [0.5, 0.6) is 0 Å². The number of carbonyl (C=O) groups is 4. The Hall–Kier alpha value is -4.18. The SMILES string of the molecule is CC(C)(C)OC(=O)N1CCN(C(=O)OC(C)(C)C)[C@@H](C(=O)N2CCCCC2CCn2ccnc2)C1.O=C([C@H]1CNCCN1)N1CCCCC1CCn1ccnc1. The van der Waals surface area contributed by atoms with E-state index in [1.807, 2.05) is 49.0 Å². The van der Waals surface area contributed by atoms with Crippen LogP contribution in [-0.2, 0) is 32.2 Å². The molecule has 4 aliphatic rings. The van der Waals surface area contributed by atoms with Gasteiger partial charge in [-0.3, -0.25) is 14.5 Å². The van der Waals surface area contributed by atoms with Crippen LogP contribution in [0.3, 0.4) is 0 Å². The smallest absolute Gasteiger partial charge is 0.411 e. The Bertz CT molecular complexity index is 1530. The molecule has 6 rings (SSSR count). The van der Waals surface area contributed by atoms with Crippen LogP contribution in [-0.4, -0.2) is 150 Å². The van der Waals surface area contributed by atoms with Crippen molar-refractivity contribution in [3.05, 3.63) is 37.4 Å². The Balaban J connectivity index is 0.000000242. The summed E-state index contributed by atoms with van der Waals surface area (Å²) in [6.45, 7) is 17.2. The van der Waals surface area contributed by atoms with E-state index in [4.69, 9.17) is 9.47 Å². The quantitative estimate of drug-likeness (QED) is 0.404. The molecular formula is C40H66N10O6. The van der Waals surface area contributed by atoms with Crippen LogP contribution < -0.4 is 10.6 Å². The van der Waals surface area contributed by atoms with E-state index in [0.717, 1.165) is 84.2 Å². The predicted octanol–water partition coefficient (Wildman–Crippen LogP) is 3.73. The number of likely N-dealkylation sites (tertiary alicyclic amines) is 2. The molecule has 16 heteroatoms. The molecule has 2 aromatic rings. The summed E-state index contributed by atoms with van der Waals surface area (Å²) < 4.78 is 15.3. The van der Waals surface area contributed by atoms with Crippen molar-refractivity contribution in [2.45, 2.75) is 141 Å². The van der Waals surface area contributed by atoms with Gasteiger partial charge in [0.2, 0.25) is 11.8 Å². The number of aryl methyl sites for hydroxylation is 2. The molecule has 0 spiro atoms. The molecule has 4 fully saturated rings. The fraction of sp³-hybridized carbons (Fsp3) is 0.750. The molecule has 4 saturated heterocycles. The second kappa shape index (κ2) is 19.8. The molecule has 0 aromatic carbocycles. The Morgan fingerprint density at radius 2 is 1.23 bits per heavy atom. The molecule has 4 atom stereocenters. The van der Waals surface area contributed by atoms with Gasteiger partial charge in [0.1, 0.15) is 17.2 Å². The van der Waals surface area contributed by atoms with Crippen molar-refractivity contribution < 1.29 is 28.7 Å². The lowest BCUT2D eigenvalue weighted by molar-refractivity contribution is -0.143. The molecule has 0 saturated carbocycles. The molecule has 312 valence electrons. The van der Waals surface area contributed by atoms with Crippen LogP contribution >= 0.6 is 0 Å². The summed E-state index contributed by atoms with van der Waals surface area (Å²) in [7, 11) is 0. The average molecular weight is 783 g/mol. The summed E-state index contributed by atoms with van der Waals surface area (Å²) in [5.41, 5.74) is -1.34. The highest BCUT2D eigenvalue weighted by atomic mass is 16.6. The van der Waals surface area contributed by atoms with Gasteiger partial charge < -0.3 is 43.9 Å². The van der Waals surface area contributed by atoms with Gasteiger partial charge in [-0.15, -0.1) is 0 Å². The minimum absolute atomic E-state index is 0.0485. The van der Waals surface area contributed by atoms with Gasteiger partial charge in [-0.25, -0.2) is 19.6 Å². The van der Waals surface area contributed by atoms with Gasteiger partial charge in [-0.05, 0) is 92.9 Å². The zero-order chi connectivity index (χ0) is 40.3. The van der Waals surface area contributed by atoms with Crippen LogP contribution in [0.15, 0.2) is 37.4 Å². The monoisotopic (exact) mass is 783 g/mol. The van der Waals surface area contributed by atoms with Crippen LogP contribution in [0.25, 0.3) is 0 Å². The highest BCUT2D eigenvalue weighted by Crippen LogP contribution is 2.26. The van der Waals surface area contributed by atoms with Crippen molar-refractivity contribution in [3.8, 4) is 0 Å². The van der Waals surface area contributed by atoms with Crippen molar-refractivity contribution >= 4 is 24.0 Å². The molecule has 4 aliphatic heterocycles. The molecule has 0 bridgehead atoms. The number of hydrogen-bond acceptors (Lipinski definition) is 10. The van der Waals surface area contributed by atoms with E-state index < -0.39 is 29.4 Å². The summed E-state index contributed by atoms with van der Waals surface area (Å²) in [6, 6.07) is -0.430. The van der Waals surface area contributed by atoms with Gasteiger partial charge in [-0.2, -0.15) is 0 Å². The second-order valence-electron chi connectivity index (χ2n) is 17.4.